The number of benzene rings is 4. The topological polar surface area (TPSA) is 68.1 Å². The second-order valence-electron chi connectivity index (χ2n) is 8.95. The van der Waals surface area contributed by atoms with Crippen LogP contribution in [0.25, 0.3) is 50.4 Å². The molecule has 0 atom stereocenters. The number of hydrogen-bond donors (Lipinski definition) is 1. The summed E-state index contributed by atoms with van der Waals surface area (Å²) in [5.41, 5.74) is 4.04. The Morgan fingerprint density at radius 2 is 1.70 bits per heavy atom. The number of aryl methyl sites for hydroxylation is 1. The SMILES string of the molecule is CCOc1ccc(-c2nc(SCC)nc(-c3cc4c(ccc5ccccc54)c4c3C=CCC4)n2)c(O)c1. The molecule has 0 radical (unpaired) electrons. The normalized spacial score (nSPS) is 12.7. The maximum absolute atomic E-state index is 10.8. The molecule has 4 aromatic carbocycles. The average molecular weight is 506 g/mol. The van der Waals surface area contributed by atoms with Crippen molar-refractivity contribution in [1.29, 1.82) is 0 Å². The highest BCUT2D eigenvalue weighted by atomic mass is 32.2. The molecular weight excluding hydrogens is 478 g/mol. The van der Waals surface area contributed by atoms with Crippen LogP contribution in [0.15, 0.2) is 71.9 Å². The number of phenolic OH excluding ortho intramolecular Hbond substituents is 1. The van der Waals surface area contributed by atoms with Crippen LogP contribution < -0.4 is 4.74 Å². The van der Waals surface area contributed by atoms with Crippen LogP contribution in [0, 0.1) is 0 Å². The first-order valence-electron chi connectivity index (χ1n) is 12.7. The van der Waals surface area contributed by atoms with Crippen molar-refractivity contribution in [2.24, 2.45) is 0 Å². The van der Waals surface area contributed by atoms with E-state index in [4.69, 9.17) is 19.7 Å². The van der Waals surface area contributed by atoms with Gasteiger partial charge in [-0.05, 0) is 76.4 Å². The molecular formula is C31H27N3O2S. The van der Waals surface area contributed by atoms with Crippen molar-refractivity contribution in [1.82, 2.24) is 15.0 Å². The van der Waals surface area contributed by atoms with E-state index in [1.807, 2.05) is 19.1 Å². The Morgan fingerprint density at radius 3 is 2.51 bits per heavy atom. The van der Waals surface area contributed by atoms with Crippen LogP contribution in [0.3, 0.4) is 0 Å². The fourth-order valence-electron chi connectivity index (χ4n) is 5.07. The molecule has 1 N–H and O–H groups in total. The average Bonchev–Trinajstić information content (AvgIpc) is 2.92. The summed E-state index contributed by atoms with van der Waals surface area (Å²) in [6.45, 7) is 4.52. The monoisotopic (exact) mass is 505 g/mol. The molecule has 0 saturated carbocycles. The van der Waals surface area contributed by atoms with Crippen LogP contribution in [-0.2, 0) is 6.42 Å². The van der Waals surface area contributed by atoms with Crippen molar-refractivity contribution >= 4 is 39.4 Å². The number of aromatic hydroxyl groups is 1. The lowest BCUT2D eigenvalue weighted by atomic mass is 9.86. The van der Waals surface area contributed by atoms with Crippen molar-refractivity contribution in [2.75, 3.05) is 12.4 Å². The zero-order chi connectivity index (χ0) is 25.4. The van der Waals surface area contributed by atoms with Gasteiger partial charge < -0.3 is 9.84 Å². The lowest BCUT2D eigenvalue weighted by Crippen LogP contribution is -2.04. The van der Waals surface area contributed by atoms with E-state index < -0.39 is 0 Å². The standard InChI is InChI=1S/C31H27N3O2S/c1-3-36-20-14-16-25(28(35)17-20)29-32-30(34-31(33-29)37-4-2)27-18-26-21-10-6-5-9-19(21)13-15-24(26)22-11-7-8-12-23(22)27/h5-6,8-10,12-18,35H,3-4,7,11H2,1-2H3. The molecule has 1 aliphatic rings. The minimum absolute atomic E-state index is 0.0852. The van der Waals surface area contributed by atoms with E-state index in [9.17, 15) is 5.11 Å². The molecule has 1 heterocycles. The quantitative estimate of drug-likeness (QED) is 0.188. The predicted molar refractivity (Wildman–Crippen MR) is 152 cm³/mol. The molecule has 1 aliphatic carbocycles. The summed E-state index contributed by atoms with van der Waals surface area (Å²) in [7, 11) is 0. The Bertz CT molecular complexity index is 1680. The maximum Gasteiger partial charge on any atom is 0.191 e. The summed E-state index contributed by atoms with van der Waals surface area (Å²) in [5.74, 6) is 2.60. The summed E-state index contributed by atoms with van der Waals surface area (Å²) >= 11 is 1.57. The number of thioether (sulfide) groups is 1. The first-order chi connectivity index (χ1) is 18.2. The highest BCUT2D eigenvalue weighted by Crippen LogP contribution is 2.39. The molecule has 0 fully saturated rings. The smallest absolute Gasteiger partial charge is 0.191 e. The third kappa shape index (κ3) is 4.31. The second kappa shape index (κ2) is 9.87. The molecule has 0 saturated heterocycles. The van der Waals surface area contributed by atoms with Gasteiger partial charge in [0.15, 0.2) is 16.8 Å². The number of fused-ring (bicyclic) bond motifs is 5. The zero-order valence-electron chi connectivity index (χ0n) is 20.9. The van der Waals surface area contributed by atoms with Gasteiger partial charge in [0.2, 0.25) is 0 Å². The molecule has 0 bridgehead atoms. The summed E-state index contributed by atoms with van der Waals surface area (Å²) in [5, 5.41) is 16.4. The van der Waals surface area contributed by atoms with E-state index in [1.54, 1.807) is 17.8 Å². The fourth-order valence-corrected chi connectivity index (χ4v) is 5.63. The molecule has 6 heteroatoms. The number of hydrogen-bond acceptors (Lipinski definition) is 6. The maximum atomic E-state index is 10.8. The minimum Gasteiger partial charge on any atom is -0.507 e. The molecule has 0 aliphatic heterocycles. The van der Waals surface area contributed by atoms with Crippen molar-refractivity contribution in [3.8, 4) is 34.3 Å². The van der Waals surface area contributed by atoms with Gasteiger partial charge in [-0.3, -0.25) is 0 Å². The van der Waals surface area contributed by atoms with E-state index in [0.29, 0.717) is 34.7 Å². The number of rotatable bonds is 6. The Kier molecular flexibility index (Phi) is 6.26. The van der Waals surface area contributed by atoms with Gasteiger partial charge in [-0.15, -0.1) is 0 Å². The van der Waals surface area contributed by atoms with Gasteiger partial charge in [-0.1, -0.05) is 67.2 Å². The molecule has 0 spiro atoms. The van der Waals surface area contributed by atoms with Crippen LogP contribution in [0.1, 0.15) is 31.4 Å². The minimum atomic E-state index is 0.0852. The van der Waals surface area contributed by atoms with E-state index in [0.717, 1.165) is 29.7 Å². The highest BCUT2D eigenvalue weighted by molar-refractivity contribution is 7.99. The molecule has 184 valence electrons. The van der Waals surface area contributed by atoms with Crippen molar-refractivity contribution < 1.29 is 9.84 Å². The van der Waals surface area contributed by atoms with Crippen molar-refractivity contribution in [2.45, 2.75) is 31.8 Å². The Hall–Kier alpha value is -3.90. The fraction of sp³-hybridized carbons (Fsp3) is 0.194. The number of phenols is 1. The third-order valence-corrected chi connectivity index (χ3v) is 7.43. The Morgan fingerprint density at radius 1 is 0.865 bits per heavy atom. The van der Waals surface area contributed by atoms with Gasteiger partial charge in [-0.2, -0.15) is 0 Å². The molecule has 1 aromatic heterocycles. The van der Waals surface area contributed by atoms with Crippen LogP contribution >= 0.6 is 11.8 Å². The van der Waals surface area contributed by atoms with Gasteiger partial charge in [0, 0.05) is 11.6 Å². The zero-order valence-corrected chi connectivity index (χ0v) is 21.7. The van der Waals surface area contributed by atoms with E-state index in [-0.39, 0.29) is 5.75 Å². The van der Waals surface area contributed by atoms with Crippen molar-refractivity contribution in [3.05, 3.63) is 77.9 Å². The lowest BCUT2D eigenvalue weighted by molar-refractivity contribution is 0.338. The van der Waals surface area contributed by atoms with Crippen LogP contribution in [0.5, 0.6) is 11.5 Å². The van der Waals surface area contributed by atoms with Crippen molar-refractivity contribution in [3.63, 3.8) is 0 Å². The molecule has 5 nitrogen and oxygen atoms in total. The van der Waals surface area contributed by atoms with Crippen LogP contribution in [0.4, 0.5) is 0 Å². The van der Waals surface area contributed by atoms with E-state index in [1.165, 1.54) is 27.1 Å². The second-order valence-corrected chi connectivity index (χ2v) is 10.2. The Labute approximate surface area is 220 Å². The molecule has 6 rings (SSSR count). The third-order valence-electron chi connectivity index (χ3n) is 6.70. The summed E-state index contributed by atoms with van der Waals surface area (Å²) < 4.78 is 5.55. The molecule has 5 aromatic rings. The molecule has 0 unspecified atom stereocenters. The predicted octanol–water partition coefficient (Wildman–Crippen LogP) is 7.69. The van der Waals surface area contributed by atoms with Gasteiger partial charge in [-0.25, -0.2) is 15.0 Å². The Balaban J connectivity index is 1.61. The van der Waals surface area contributed by atoms with Crippen LogP contribution in [-0.4, -0.2) is 32.4 Å². The largest absolute Gasteiger partial charge is 0.507 e. The number of nitrogens with zero attached hydrogens (tertiary/aromatic N) is 3. The summed E-state index contributed by atoms with van der Waals surface area (Å²) in [6.07, 6.45) is 6.41. The van der Waals surface area contributed by atoms with Gasteiger partial charge in [0.05, 0.1) is 12.2 Å². The molecule has 37 heavy (non-hydrogen) atoms. The van der Waals surface area contributed by atoms with Gasteiger partial charge in [0.1, 0.15) is 11.5 Å². The van der Waals surface area contributed by atoms with Gasteiger partial charge in [0.25, 0.3) is 0 Å². The highest BCUT2D eigenvalue weighted by Gasteiger charge is 2.20. The van der Waals surface area contributed by atoms with E-state index in [2.05, 4.69) is 61.5 Å². The number of aromatic nitrogens is 3. The van der Waals surface area contributed by atoms with Crippen LogP contribution in [0.2, 0.25) is 0 Å². The number of allylic oxidation sites excluding steroid dienone is 1. The molecule has 0 amide bonds. The first-order valence-corrected chi connectivity index (χ1v) is 13.6. The van der Waals surface area contributed by atoms with Gasteiger partial charge >= 0.3 is 0 Å². The first kappa shape index (κ1) is 23.5. The summed E-state index contributed by atoms with van der Waals surface area (Å²) in [6, 6.07) is 20.4. The summed E-state index contributed by atoms with van der Waals surface area (Å²) in [4.78, 5) is 14.5. The lowest BCUT2D eigenvalue weighted by Gasteiger charge is -2.19. The van der Waals surface area contributed by atoms with E-state index >= 15 is 0 Å². The number of ether oxygens (including phenoxy) is 1.